The van der Waals surface area contributed by atoms with E-state index in [2.05, 4.69) is 21.7 Å². The molecular formula is C18H22N6O4. The number of nitrogens with one attached hydrogen (secondary N) is 2. The van der Waals surface area contributed by atoms with Gasteiger partial charge in [-0.25, -0.2) is 15.0 Å². The van der Waals surface area contributed by atoms with Crippen molar-refractivity contribution in [2.45, 2.75) is 26.8 Å². The Bertz CT molecular complexity index is 803. The monoisotopic (exact) mass is 386 g/mol. The van der Waals surface area contributed by atoms with E-state index in [0.29, 0.717) is 11.3 Å². The summed E-state index contributed by atoms with van der Waals surface area (Å²) in [7, 11) is 0. The fraction of sp³-hybridized carbons (Fsp3) is 0.278. The molecule has 1 rings (SSSR count). The Kier molecular flexibility index (Phi) is 9.45. The Morgan fingerprint density at radius 2 is 2.11 bits per heavy atom. The van der Waals surface area contributed by atoms with Gasteiger partial charge in [-0.3, -0.25) is 9.59 Å². The maximum Gasteiger partial charge on any atom is 0.309 e. The molecule has 0 radical (unpaired) electrons. The molecule has 28 heavy (non-hydrogen) atoms. The van der Waals surface area contributed by atoms with E-state index in [1.54, 1.807) is 6.08 Å². The van der Waals surface area contributed by atoms with Gasteiger partial charge in [0.15, 0.2) is 0 Å². The molecule has 1 aromatic heterocycles. The van der Waals surface area contributed by atoms with Gasteiger partial charge >= 0.3 is 5.97 Å². The van der Waals surface area contributed by atoms with E-state index < -0.39 is 5.97 Å². The van der Waals surface area contributed by atoms with Crippen molar-refractivity contribution in [3.63, 3.8) is 0 Å². The van der Waals surface area contributed by atoms with Gasteiger partial charge in [0.1, 0.15) is 12.9 Å². The summed E-state index contributed by atoms with van der Waals surface area (Å²) in [6.45, 7) is 5.95. The highest BCUT2D eigenvalue weighted by Crippen LogP contribution is 2.20. The quantitative estimate of drug-likeness (QED) is 0.338. The number of esters is 1. The van der Waals surface area contributed by atoms with Crippen molar-refractivity contribution >= 4 is 31.0 Å². The van der Waals surface area contributed by atoms with E-state index in [4.69, 9.17) is 20.3 Å². The Morgan fingerprint density at radius 1 is 1.36 bits per heavy atom. The Hall–Kier alpha value is -3.69. The lowest BCUT2D eigenvalue weighted by molar-refractivity contribution is -0.132. The lowest BCUT2D eigenvalue weighted by atomic mass is 10.2. The van der Waals surface area contributed by atoms with Crippen molar-refractivity contribution in [3.8, 4) is 5.88 Å². The summed E-state index contributed by atoms with van der Waals surface area (Å²) in [5, 5.41) is 14.3. The molecule has 148 valence electrons. The summed E-state index contributed by atoms with van der Waals surface area (Å²) in [6, 6.07) is 0. The first-order valence-electron chi connectivity index (χ1n) is 8.16. The second-order valence-electron chi connectivity index (χ2n) is 5.31. The fourth-order valence-electron chi connectivity index (χ4n) is 2.08. The molecule has 0 bridgehead atoms. The molecule has 0 aromatic carbocycles. The summed E-state index contributed by atoms with van der Waals surface area (Å²) in [5.41, 5.74) is 0.874. The zero-order valence-electron chi connectivity index (χ0n) is 15.7. The third kappa shape index (κ3) is 7.28. The number of hydrogen-bond acceptors (Lipinski definition) is 9. The lowest BCUT2D eigenvalue weighted by Crippen LogP contribution is -2.30. The van der Waals surface area contributed by atoms with Gasteiger partial charge in [0.25, 0.3) is 0 Å². The average molecular weight is 386 g/mol. The maximum absolute atomic E-state index is 12.3. The number of rotatable bonds is 11. The second-order valence-corrected chi connectivity index (χ2v) is 5.31. The molecule has 1 heterocycles. The molecule has 0 spiro atoms. The molecule has 0 fully saturated rings. The third-order valence-corrected chi connectivity index (χ3v) is 3.26. The zero-order chi connectivity index (χ0) is 20.9. The van der Waals surface area contributed by atoms with Gasteiger partial charge in [-0.05, 0) is 12.9 Å². The Balaban J connectivity index is 3.16. The average Bonchev–Trinajstić information content (AvgIpc) is 2.66. The first-order chi connectivity index (χ1) is 13.4. The molecule has 0 unspecified atom stereocenters. The molecule has 1 amide bonds. The number of allylic oxidation sites excluding steroid dienone is 2. The molecule has 1 aromatic rings. The minimum absolute atomic E-state index is 0.0249. The van der Waals surface area contributed by atoms with Gasteiger partial charge in [0.05, 0.1) is 17.8 Å². The maximum atomic E-state index is 12.3. The van der Waals surface area contributed by atoms with Crippen LogP contribution in [0.5, 0.6) is 5.88 Å². The first-order valence-corrected chi connectivity index (χ1v) is 8.16. The fourth-order valence-corrected chi connectivity index (χ4v) is 2.08. The highest BCUT2D eigenvalue weighted by molar-refractivity contribution is 5.76. The van der Waals surface area contributed by atoms with Gasteiger partial charge in [-0.2, -0.15) is 0 Å². The van der Waals surface area contributed by atoms with E-state index in [9.17, 15) is 9.59 Å². The van der Waals surface area contributed by atoms with Crippen LogP contribution in [-0.2, 0) is 20.9 Å². The Morgan fingerprint density at radius 3 is 2.68 bits per heavy atom. The second kappa shape index (κ2) is 11.8. The molecule has 0 saturated carbocycles. The van der Waals surface area contributed by atoms with Gasteiger partial charge < -0.3 is 25.2 Å². The number of amides is 1. The van der Waals surface area contributed by atoms with E-state index in [1.807, 2.05) is 0 Å². The van der Waals surface area contributed by atoms with Crippen molar-refractivity contribution < 1.29 is 19.1 Å². The summed E-state index contributed by atoms with van der Waals surface area (Å²) < 4.78 is 10.5. The highest BCUT2D eigenvalue weighted by Gasteiger charge is 2.19. The SMILES string of the molecule is C=NC(=CC=N)OC/C(=C\CC=N)N(Cc1cncnc1OC(C)=O)C(C)=O. The minimum atomic E-state index is -0.546. The van der Waals surface area contributed by atoms with Gasteiger partial charge in [0.2, 0.25) is 17.7 Å². The van der Waals surface area contributed by atoms with Crippen LogP contribution in [0.1, 0.15) is 25.8 Å². The van der Waals surface area contributed by atoms with Crippen molar-refractivity contribution in [2.24, 2.45) is 4.99 Å². The van der Waals surface area contributed by atoms with Crippen molar-refractivity contribution in [3.05, 3.63) is 41.8 Å². The molecule has 0 aliphatic rings. The standard InChI is InChI=1S/C18H22N6O4/c1-13(25)24(10-15-9-22-12-23-18(15)28-14(2)26)16(5-4-7-19)11-27-17(21-3)6-8-20/h5-9,12,19-20H,3-4,10-11H2,1-2H3/b16-5+,17-6?,19-7?,20-8?. The third-order valence-electron chi connectivity index (χ3n) is 3.26. The molecule has 0 aliphatic heterocycles. The Labute approximate surface area is 162 Å². The predicted molar refractivity (Wildman–Crippen MR) is 103 cm³/mol. The number of carbonyl (C=O) groups is 2. The number of aliphatic imine (C=N–C) groups is 1. The number of hydrogen-bond donors (Lipinski definition) is 2. The highest BCUT2D eigenvalue weighted by atomic mass is 16.5. The van der Waals surface area contributed by atoms with Crippen LogP contribution in [-0.4, -0.2) is 52.5 Å². The first kappa shape index (κ1) is 22.4. The van der Waals surface area contributed by atoms with Crippen LogP contribution in [0.4, 0.5) is 0 Å². The van der Waals surface area contributed by atoms with Crippen molar-refractivity contribution in [1.82, 2.24) is 14.9 Å². The minimum Gasteiger partial charge on any atom is -0.471 e. The molecule has 2 N–H and O–H groups in total. The largest absolute Gasteiger partial charge is 0.471 e. The van der Waals surface area contributed by atoms with Gasteiger partial charge in [-0.15, -0.1) is 0 Å². The van der Waals surface area contributed by atoms with Crippen LogP contribution >= 0.6 is 0 Å². The van der Waals surface area contributed by atoms with Crippen LogP contribution in [0.15, 0.2) is 41.2 Å². The van der Waals surface area contributed by atoms with Crippen LogP contribution in [0.3, 0.4) is 0 Å². The van der Waals surface area contributed by atoms with Crippen molar-refractivity contribution in [1.29, 1.82) is 10.8 Å². The summed E-state index contributed by atoms with van der Waals surface area (Å²) in [6.07, 6.45) is 8.09. The van der Waals surface area contributed by atoms with Gasteiger partial charge in [-0.1, -0.05) is 6.08 Å². The van der Waals surface area contributed by atoms with Crippen molar-refractivity contribution in [2.75, 3.05) is 6.61 Å². The molecule has 0 saturated heterocycles. The number of carbonyl (C=O) groups excluding carboxylic acids is 2. The molecular weight excluding hydrogens is 364 g/mol. The molecule has 10 heteroatoms. The van der Waals surface area contributed by atoms with Crippen LogP contribution < -0.4 is 4.74 Å². The van der Waals surface area contributed by atoms with E-state index in [-0.39, 0.29) is 37.2 Å². The van der Waals surface area contributed by atoms with E-state index in [1.165, 1.54) is 43.6 Å². The topological polar surface area (TPSA) is 142 Å². The van der Waals surface area contributed by atoms with Crippen LogP contribution in [0.2, 0.25) is 0 Å². The smallest absolute Gasteiger partial charge is 0.309 e. The molecule has 0 atom stereocenters. The van der Waals surface area contributed by atoms with Crippen LogP contribution in [0, 0.1) is 10.8 Å². The normalized spacial score (nSPS) is 11.4. The van der Waals surface area contributed by atoms with E-state index >= 15 is 0 Å². The predicted octanol–water partition coefficient (Wildman–Crippen LogP) is 1.88. The summed E-state index contributed by atoms with van der Waals surface area (Å²) in [4.78, 5) is 36.4. The summed E-state index contributed by atoms with van der Waals surface area (Å²) >= 11 is 0. The zero-order valence-corrected chi connectivity index (χ0v) is 15.7. The van der Waals surface area contributed by atoms with E-state index in [0.717, 1.165) is 6.21 Å². The molecule has 0 aliphatic carbocycles. The number of ether oxygens (including phenoxy) is 2. The number of nitrogens with zero attached hydrogens (tertiary/aromatic N) is 4. The van der Waals surface area contributed by atoms with Crippen LogP contribution in [0.25, 0.3) is 0 Å². The molecule has 10 nitrogen and oxygen atoms in total. The number of aromatic nitrogens is 2. The lowest BCUT2D eigenvalue weighted by Gasteiger charge is -2.25. The van der Waals surface area contributed by atoms with Gasteiger partial charge in [0, 0.05) is 38.8 Å². The summed E-state index contributed by atoms with van der Waals surface area (Å²) in [5.74, 6) is -0.682.